The Bertz CT molecular complexity index is 567. The molecule has 0 saturated heterocycles. The van der Waals surface area contributed by atoms with Crippen LogP contribution in [-0.4, -0.2) is 16.3 Å². The second kappa shape index (κ2) is 7.48. The number of rotatable bonds is 2. The molecule has 102 valence electrons. The number of hydrogen-bond donors (Lipinski definition) is 0. The average molecular weight is 278 g/mol. The summed E-state index contributed by atoms with van der Waals surface area (Å²) in [5.74, 6) is 0. The molecule has 1 unspecified atom stereocenters. The number of allylic oxidation sites excluding steroid dienone is 1. The van der Waals surface area contributed by atoms with E-state index in [-0.39, 0.29) is 0 Å². The first-order valence-corrected chi connectivity index (χ1v) is 8.79. The van der Waals surface area contributed by atoms with Crippen LogP contribution in [-0.2, 0) is 0 Å². The minimum Gasteiger partial charge on any atom is -0.0826 e. The summed E-state index contributed by atoms with van der Waals surface area (Å²) in [5.41, 5.74) is 5.69. The minimum absolute atomic E-state index is 0.673. The van der Waals surface area contributed by atoms with E-state index < -0.39 is 0 Å². The quantitative estimate of drug-likeness (QED) is 0.704. The summed E-state index contributed by atoms with van der Waals surface area (Å²) in [6.07, 6.45) is 5.06. The summed E-state index contributed by atoms with van der Waals surface area (Å²) in [7, 11) is 0. The van der Waals surface area contributed by atoms with Gasteiger partial charge < -0.3 is 0 Å². The van der Waals surface area contributed by atoms with Gasteiger partial charge in [-0.2, -0.15) is 0 Å². The molecule has 1 aliphatic rings. The molecule has 1 atom stereocenters. The molecule has 0 bridgehead atoms. The highest BCUT2D eigenvalue weighted by atomic mass is 27.0. The highest BCUT2D eigenvalue weighted by Gasteiger charge is 2.19. The summed E-state index contributed by atoms with van der Waals surface area (Å²) >= 11 is 1.19. The molecule has 2 aromatic carbocycles. The molecule has 20 heavy (non-hydrogen) atoms. The lowest BCUT2D eigenvalue weighted by Crippen LogP contribution is -1.90. The van der Waals surface area contributed by atoms with E-state index in [2.05, 4.69) is 74.5 Å². The lowest BCUT2D eigenvalue weighted by Gasteiger charge is -2.06. The topological polar surface area (TPSA) is 0 Å². The lowest BCUT2D eigenvalue weighted by atomic mass is 9.99. The van der Waals surface area contributed by atoms with Crippen molar-refractivity contribution in [1.82, 2.24) is 0 Å². The van der Waals surface area contributed by atoms with Crippen LogP contribution in [0.25, 0.3) is 5.57 Å². The molecule has 3 rings (SSSR count). The minimum atomic E-state index is 0.673. The van der Waals surface area contributed by atoms with E-state index in [1.807, 2.05) is 0 Å². The van der Waals surface area contributed by atoms with Gasteiger partial charge in [-0.3, -0.25) is 0 Å². The first-order valence-electron chi connectivity index (χ1n) is 7.64. The van der Waals surface area contributed by atoms with E-state index in [4.69, 9.17) is 0 Å². The monoisotopic (exact) mass is 278 g/mol. The third kappa shape index (κ3) is 3.42. The fraction of sp³-hybridized carbons (Fsp3) is 0.263. The molecule has 0 nitrogen and oxygen atoms in total. The van der Waals surface area contributed by atoms with Gasteiger partial charge in [0.15, 0.2) is 0 Å². The summed E-state index contributed by atoms with van der Waals surface area (Å²) in [5, 5.41) is 0. The Morgan fingerprint density at radius 3 is 2.10 bits per heavy atom. The summed E-state index contributed by atoms with van der Waals surface area (Å²) in [4.78, 5) is 0. The van der Waals surface area contributed by atoms with E-state index in [0.717, 1.165) is 0 Å². The van der Waals surface area contributed by atoms with Crippen LogP contribution >= 0.6 is 0 Å². The lowest BCUT2D eigenvalue weighted by molar-refractivity contribution is 0.886. The third-order valence-corrected chi connectivity index (χ3v) is 4.70. The van der Waals surface area contributed by atoms with E-state index in [1.54, 1.807) is 0 Å². The van der Waals surface area contributed by atoms with Gasteiger partial charge in [-0.05, 0) is 27.0 Å². The van der Waals surface area contributed by atoms with Crippen molar-refractivity contribution < 1.29 is 0 Å². The second-order valence-electron chi connectivity index (χ2n) is 5.32. The van der Waals surface area contributed by atoms with Crippen LogP contribution in [0.4, 0.5) is 0 Å². The van der Waals surface area contributed by atoms with Crippen molar-refractivity contribution in [1.29, 1.82) is 0 Å². The number of fused-ring (bicyclic) bond motifs is 1. The van der Waals surface area contributed by atoms with E-state index >= 15 is 0 Å². The van der Waals surface area contributed by atoms with Gasteiger partial charge in [-0.25, -0.2) is 0 Å². The van der Waals surface area contributed by atoms with Crippen LogP contribution < -0.4 is 0 Å². The highest BCUT2D eigenvalue weighted by molar-refractivity contribution is 6.16. The smallest absolute Gasteiger partial charge is 0.0826 e. The Hall–Kier alpha value is -1.29. The van der Waals surface area contributed by atoms with Crippen molar-refractivity contribution in [2.45, 2.75) is 31.5 Å². The fourth-order valence-electron chi connectivity index (χ4n) is 2.44. The van der Waals surface area contributed by atoms with Gasteiger partial charge in [-0.15, -0.1) is 0 Å². The maximum Gasteiger partial charge on any atom is 0.229 e. The molecule has 1 heteroatoms. The van der Waals surface area contributed by atoms with Crippen molar-refractivity contribution in [3.05, 3.63) is 77.4 Å². The van der Waals surface area contributed by atoms with Crippen LogP contribution in [0, 0.1) is 0 Å². The molecule has 0 aromatic heterocycles. The number of unbranched alkanes of at least 4 members (excludes halogenated alkanes) is 1. The van der Waals surface area contributed by atoms with Gasteiger partial charge in [0, 0.05) is 0 Å². The van der Waals surface area contributed by atoms with Crippen molar-refractivity contribution in [2.75, 3.05) is 0 Å². The molecule has 0 aliphatic heterocycles. The summed E-state index contributed by atoms with van der Waals surface area (Å²) < 4.78 is 0.673. The number of hydrogen-bond acceptors (Lipinski definition) is 0. The fourth-order valence-corrected chi connectivity index (χ4v) is 3.28. The summed E-state index contributed by atoms with van der Waals surface area (Å²) in [6.45, 7) is 4.36. The van der Waals surface area contributed by atoms with Crippen molar-refractivity contribution in [3.63, 3.8) is 0 Å². The molecular formula is C19H23Al. The largest absolute Gasteiger partial charge is 0.229 e. The maximum absolute atomic E-state index is 2.42. The van der Waals surface area contributed by atoms with E-state index in [0.29, 0.717) is 4.78 Å². The normalized spacial score (nSPS) is 15.9. The predicted octanol–water partition coefficient (Wildman–Crippen LogP) is 4.61. The third-order valence-electron chi connectivity index (χ3n) is 3.74. The van der Waals surface area contributed by atoms with Crippen LogP contribution in [0.3, 0.4) is 0 Å². The van der Waals surface area contributed by atoms with Crippen LogP contribution in [0.2, 0.25) is 0 Å². The SMILES string of the molecule is CCCC.[AlH2][CH]1C=C(c2ccccc2)c2ccccc21. The Morgan fingerprint density at radius 2 is 1.45 bits per heavy atom. The van der Waals surface area contributed by atoms with Gasteiger partial charge in [-0.1, -0.05) is 87.4 Å². The van der Waals surface area contributed by atoms with Crippen LogP contribution in [0.1, 0.15) is 48.2 Å². The van der Waals surface area contributed by atoms with Gasteiger partial charge in [0.2, 0.25) is 16.3 Å². The van der Waals surface area contributed by atoms with Gasteiger partial charge in [0.1, 0.15) is 0 Å². The van der Waals surface area contributed by atoms with E-state index in [1.165, 1.54) is 51.4 Å². The first-order chi connectivity index (χ1) is 9.77. The van der Waals surface area contributed by atoms with Crippen molar-refractivity contribution in [3.8, 4) is 0 Å². The molecule has 0 heterocycles. The molecule has 0 saturated carbocycles. The number of benzene rings is 2. The Morgan fingerprint density at radius 1 is 0.850 bits per heavy atom. The van der Waals surface area contributed by atoms with Gasteiger partial charge in [0.25, 0.3) is 0 Å². The summed E-state index contributed by atoms with van der Waals surface area (Å²) in [6, 6.07) is 19.5. The molecule has 2 aromatic rings. The molecule has 0 fully saturated rings. The first kappa shape index (κ1) is 15.1. The van der Waals surface area contributed by atoms with Crippen molar-refractivity contribution in [2.24, 2.45) is 0 Å². The van der Waals surface area contributed by atoms with Crippen LogP contribution in [0.5, 0.6) is 0 Å². The maximum atomic E-state index is 2.42. The van der Waals surface area contributed by atoms with Crippen molar-refractivity contribution >= 4 is 21.9 Å². The molecular weight excluding hydrogens is 255 g/mol. The average Bonchev–Trinajstić information content (AvgIpc) is 2.86. The van der Waals surface area contributed by atoms with Gasteiger partial charge in [0.05, 0.1) is 0 Å². The van der Waals surface area contributed by atoms with Gasteiger partial charge >= 0.3 is 0 Å². The zero-order chi connectivity index (χ0) is 14.4. The molecule has 0 amide bonds. The van der Waals surface area contributed by atoms with Crippen LogP contribution in [0.15, 0.2) is 60.7 Å². The predicted molar refractivity (Wildman–Crippen MR) is 91.8 cm³/mol. The van der Waals surface area contributed by atoms with E-state index in [9.17, 15) is 0 Å². The molecule has 0 radical (unpaired) electrons. The Labute approximate surface area is 131 Å². The second-order valence-corrected chi connectivity index (χ2v) is 6.57. The zero-order valence-corrected chi connectivity index (χ0v) is 14.8. The zero-order valence-electron chi connectivity index (χ0n) is 12.8. The highest BCUT2D eigenvalue weighted by Crippen LogP contribution is 2.37. The molecule has 1 aliphatic carbocycles. The standard InChI is InChI=1S/C15H11.C4H10.Al.2H/c1-2-6-12(7-3-1)15-11-10-13-8-4-5-9-14(13)15;1-3-4-2;;;/h1-11H;3-4H2,1-2H3;;;. The Balaban J connectivity index is 0.000000328. The molecule has 0 spiro atoms. The Kier molecular flexibility index (Phi) is 5.65. The molecule has 0 N–H and O–H groups in total.